The van der Waals surface area contributed by atoms with Crippen LogP contribution in [0.2, 0.25) is 0 Å². The van der Waals surface area contributed by atoms with E-state index in [1.54, 1.807) is 6.20 Å². The zero-order valence-corrected chi connectivity index (χ0v) is 5.82. The van der Waals surface area contributed by atoms with Crippen molar-refractivity contribution >= 4 is 6.09 Å². The molecular weight excluding hydrogens is 142 g/mol. The monoisotopic (exact) mass is 149 g/mol. The molecule has 0 aromatic carbocycles. The number of amides is 1. The van der Waals surface area contributed by atoms with Crippen molar-refractivity contribution < 1.29 is 9.90 Å². The molecule has 0 bridgehead atoms. The molecule has 0 radical (unpaired) electrons. The average Bonchev–Trinajstić information content (AvgIpc) is 2.40. The summed E-state index contributed by atoms with van der Waals surface area (Å²) in [4.78, 5) is 11.7. The van der Waals surface area contributed by atoms with E-state index in [-0.39, 0.29) is 0 Å². The fourth-order valence-electron chi connectivity index (χ4n) is 1.26. The summed E-state index contributed by atoms with van der Waals surface area (Å²) in [6.45, 7) is 0.498. The van der Waals surface area contributed by atoms with Crippen LogP contribution in [-0.4, -0.2) is 22.6 Å². The SMILES string of the molecule is O=C(O)N1C=C2C=CC=C2C1. The van der Waals surface area contributed by atoms with Crippen LogP contribution < -0.4 is 0 Å². The van der Waals surface area contributed by atoms with Crippen LogP contribution in [0.15, 0.2) is 35.6 Å². The van der Waals surface area contributed by atoms with Gasteiger partial charge in [0.1, 0.15) is 0 Å². The molecule has 0 unspecified atom stereocenters. The van der Waals surface area contributed by atoms with E-state index in [4.69, 9.17) is 5.11 Å². The summed E-state index contributed by atoms with van der Waals surface area (Å²) in [6, 6.07) is 0. The molecule has 2 rings (SSSR count). The molecule has 2 aliphatic rings. The number of carboxylic acid groups (broad SMARTS) is 1. The molecule has 1 N–H and O–H groups in total. The van der Waals surface area contributed by atoms with Gasteiger partial charge in [0.05, 0.1) is 6.54 Å². The predicted molar refractivity (Wildman–Crippen MR) is 40.0 cm³/mol. The molecule has 3 heteroatoms. The van der Waals surface area contributed by atoms with E-state index in [1.807, 2.05) is 18.2 Å². The number of allylic oxidation sites excluding steroid dienone is 3. The van der Waals surface area contributed by atoms with Crippen molar-refractivity contribution in [3.05, 3.63) is 35.6 Å². The summed E-state index contributed by atoms with van der Waals surface area (Å²) in [5, 5.41) is 8.60. The maximum Gasteiger partial charge on any atom is 0.411 e. The molecule has 0 aromatic heterocycles. The van der Waals surface area contributed by atoms with E-state index in [1.165, 1.54) is 4.90 Å². The molecule has 0 aromatic rings. The predicted octanol–water partition coefficient (Wildman–Crippen LogP) is 1.36. The van der Waals surface area contributed by atoms with Crippen molar-refractivity contribution in [2.75, 3.05) is 6.54 Å². The lowest BCUT2D eigenvalue weighted by Crippen LogP contribution is -2.21. The van der Waals surface area contributed by atoms with Crippen molar-refractivity contribution in [1.82, 2.24) is 4.90 Å². The summed E-state index contributed by atoms with van der Waals surface area (Å²) in [6.07, 6.45) is 6.55. The first kappa shape index (κ1) is 6.22. The van der Waals surface area contributed by atoms with Gasteiger partial charge in [-0.1, -0.05) is 18.2 Å². The molecule has 1 aliphatic carbocycles. The maximum atomic E-state index is 10.5. The topological polar surface area (TPSA) is 40.5 Å². The van der Waals surface area contributed by atoms with E-state index in [9.17, 15) is 4.79 Å². The molecule has 3 nitrogen and oxygen atoms in total. The molecular formula is C8H7NO2. The minimum Gasteiger partial charge on any atom is -0.465 e. The number of hydrogen-bond acceptors (Lipinski definition) is 1. The maximum absolute atomic E-state index is 10.5. The second-order valence-electron chi connectivity index (χ2n) is 2.55. The molecule has 0 fully saturated rings. The van der Waals surface area contributed by atoms with Crippen molar-refractivity contribution in [2.24, 2.45) is 0 Å². The third kappa shape index (κ3) is 0.852. The number of hydrogen-bond donors (Lipinski definition) is 1. The van der Waals surface area contributed by atoms with Crippen LogP contribution in [-0.2, 0) is 0 Å². The van der Waals surface area contributed by atoms with Crippen molar-refractivity contribution in [3.63, 3.8) is 0 Å². The zero-order chi connectivity index (χ0) is 7.84. The van der Waals surface area contributed by atoms with Crippen molar-refractivity contribution in [1.29, 1.82) is 0 Å². The fourth-order valence-corrected chi connectivity index (χ4v) is 1.26. The molecule has 0 saturated carbocycles. The molecule has 1 amide bonds. The van der Waals surface area contributed by atoms with E-state index < -0.39 is 6.09 Å². The Morgan fingerprint density at radius 2 is 2.45 bits per heavy atom. The van der Waals surface area contributed by atoms with Gasteiger partial charge >= 0.3 is 6.09 Å². The number of rotatable bonds is 0. The van der Waals surface area contributed by atoms with Gasteiger partial charge in [-0.15, -0.1) is 0 Å². The Labute approximate surface area is 63.9 Å². The van der Waals surface area contributed by atoms with Gasteiger partial charge in [-0.05, 0) is 11.1 Å². The highest BCUT2D eigenvalue weighted by molar-refractivity contribution is 5.70. The van der Waals surface area contributed by atoms with Gasteiger partial charge < -0.3 is 5.11 Å². The third-order valence-electron chi connectivity index (χ3n) is 1.83. The highest BCUT2D eigenvalue weighted by Gasteiger charge is 2.21. The Morgan fingerprint density at radius 1 is 1.64 bits per heavy atom. The van der Waals surface area contributed by atoms with Gasteiger partial charge in [0, 0.05) is 6.20 Å². The molecule has 0 saturated heterocycles. The molecule has 11 heavy (non-hydrogen) atoms. The molecule has 1 aliphatic heterocycles. The lowest BCUT2D eigenvalue weighted by atomic mass is 10.2. The minimum absolute atomic E-state index is 0.498. The molecule has 56 valence electrons. The summed E-state index contributed by atoms with van der Waals surface area (Å²) in [7, 11) is 0. The molecule has 1 heterocycles. The van der Waals surface area contributed by atoms with Crippen LogP contribution >= 0.6 is 0 Å². The second kappa shape index (κ2) is 1.99. The summed E-state index contributed by atoms with van der Waals surface area (Å²) in [5.74, 6) is 0. The first-order chi connectivity index (χ1) is 5.27. The first-order valence-corrected chi connectivity index (χ1v) is 3.36. The summed E-state index contributed by atoms with van der Waals surface area (Å²) in [5.41, 5.74) is 2.11. The smallest absolute Gasteiger partial charge is 0.411 e. The third-order valence-corrected chi connectivity index (χ3v) is 1.83. The van der Waals surface area contributed by atoms with Crippen LogP contribution in [0.3, 0.4) is 0 Å². The van der Waals surface area contributed by atoms with Crippen LogP contribution in [0.5, 0.6) is 0 Å². The Kier molecular flexibility index (Phi) is 1.12. The largest absolute Gasteiger partial charge is 0.465 e. The van der Waals surface area contributed by atoms with Gasteiger partial charge in [-0.25, -0.2) is 4.79 Å². The van der Waals surface area contributed by atoms with E-state index in [0.717, 1.165) is 11.1 Å². The van der Waals surface area contributed by atoms with E-state index >= 15 is 0 Å². The van der Waals surface area contributed by atoms with Crippen LogP contribution in [0, 0.1) is 0 Å². The zero-order valence-electron chi connectivity index (χ0n) is 5.82. The highest BCUT2D eigenvalue weighted by atomic mass is 16.4. The normalized spacial score (nSPS) is 19.8. The standard InChI is InChI=1S/C8H7NO2/c10-8(11)9-4-6-2-1-3-7(6)5-9/h1-4H,5H2,(H,10,11). The fraction of sp³-hybridized carbons (Fsp3) is 0.125. The second-order valence-corrected chi connectivity index (χ2v) is 2.55. The molecule has 0 spiro atoms. The minimum atomic E-state index is -0.888. The Bertz CT molecular complexity index is 299. The molecule has 0 atom stereocenters. The van der Waals surface area contributed by atoms with Crippen LogP contribution in [0.4, 0.5) is 4.79 Å². The van der Waals surface area contributed by atoms with Gasteiger partial charge in [0.2, 0.25) is 0 Å². The Balaban J connectivity index is 2.27. The van der Waals surface area contributed by atoms with Gasteiger partial charge in [-0.3, -0.25) is 4.90 Å². The average molecular weight is 149 g/mol. The quantitative estimate of drug-likeness (QED) is 0.565. The Morgan fingerprint density at radius 3 is 3.09 bits per heavy atom. The number of fused-ring (bicyclic) bond motifs is 1. The van der Waals surface area contributed by atoms with Crippen LogP contribution in [0.25, 0.3) is 0 Å². The highest BCUT2D eigenvalue weighted by Crippen LogP contribution is 2.25. The number of nitrogens with zero attached hydrogens (tertiary/aromatic N) is 1. The van der Waals surface area contributed by atoms with E-state index in [2.05, 4.69) is 0 Å². The number of carbonyl (C=O) groups is 1. The van der Waals surface area contributed by atoms with Gasteiger partial charge in [0.15, 0.2) is 0 Å². The van der Waals surface area contributed by atoms with Crippen molar-refractivity contribution in [2.45, 2.75) is 0 Å². The lowest BCUT2D eigenvalue weighted by Gasteiger charge is -2.06. The van der Waals surface area contributed by atoms with E-state index in [0.29, 0.717) is 6.54 Å². The van der Waals surface area contributed by atoms with Crippen molar-refractivity contribution in [3.8, 4) is 0 Å². The van der Waals surface area contributed by atoms with Gasteiger partial charge in [-0.2, -0.15) is 0 Å². The summed E-state index contributed by atoms with van der Waals surface area (Å²) < 4.78 is 0. The Hall–Kier alpha value is -1.51. The summed E-state index contributed by atoms with van der Waals surface area (Å²) >= 11 is 0. The van der Waals surface area contributed by atoms with Gasteiger partial charge in [0.25, 0.3) is 0 Å². The first-order valence-electron chi connectivity index (χ1n) is 3.36. The van der Waals surface area contributed by atoms with Crippen LogP contribution in [0.1, 0.15) is 0 Å². The lowest BCUT2D eigenvalue weighted by molar-refractivity contribution is 0.167.